The summed E-state index contributed by atoms with van der Waals surface area (Å²) in [5.41, 5.74) is 0. The Morgan fingerprint density at radius 1 is 0.862 bits per heavy atom. The van der Waals surface area contributed by atoms with E-state index in [2.05, 4.69) is 5.32 Å². The Balaban J connectivity index is 3.16. The van der Waals surface area contributed by atoms with E-state index in [0.29, 0.717) is 32.7 Å². The van der Waals surface area contributed by atoms with Gasteiger partial charge in [0, 0.05) is 72.2 Å². The van der Waals surface area contributed by atoms with Gasteiger partial charge in [-0.05, 0) is 0 Å². The van der Waals surface area contributed by atoms with Gasteiger partial charge in [0.25, 0.3) is 0 Å². The van der Waals surface area contributed by atoms with Gasteiger partial charge in [0.2, 0.25) is 28.0 Å². The highest BCUT2D eigenvalue weighted by atomic mass is 31.2. The summed E-state index contributed by atoms with van der Waals surface area (Å²) in [5.74, 6) is -0.239. The third-order valence-corrected chi connectivity index (χ3v) is 7.11. The summed E-state index contributed by atoms with van der Waals surface area (Å²) in [5, 5.41) is 2.72. The lowest BCUT2D eigenvalue weighted by Gasteiger charge is -2.35. The smallest absolute Gasteiger partial charge is 0.216 e. The first kappa shape index (κ1) is 27.0. The molecule has 0 aromatic carbocycles. The first-order chi connectivity index (χ1) is 13.0. The maximum Gasteiger partial charge on any atom is 0.216 e. The van der Waals surface area contributed by atoms with Crippen LogP contribution in [0, 0.1) is 0 Å². The van der Waals surface area contributed by atoms with Gasteiger partial charge in [0.1, 0.15) is 0 Å². The molecule has 0 saturated carbocycles. The van der Waals surface area contributed by atoms with Crippen LogP contribution >= 0.6 is 22.1 Å². The third-order valence-electron chi connectivity index (χ3n) is 4.38. The molecule has 4 unspecified atom stereocenters. The average Bonchev–Trinajstić information content (AvgIpc) is 2.53. The largest absolute Gasteiger partial charge is 0.355 e. The summed E-state index contributed by atoms with van der Waals surface area (Å²) < 4.78 is 36.0. The molecule has 0 spiro atoms. The number of nitrogens with one attached hydrogen (secondary N) is 1. The molecule has 14 heteroatoms. The summed E-state index contributed by atoms with van der Waals surface area (Å²) >= 11 is 0. The second kappa shape index (κ2) is 11.0. The van der Waals surface area contributed by atoms with Crippen molar-refractivity contribution in [1.82, 2.24) is 20.0 Å². The fourth-order valence-corrected chi connectivity index (χ4v) is 6.41. The lowest BCUT2D eigenvalue weighted by molar-refractivity contribution is -0.119. The number of hydrogen-bond acceptors (Lipinski definition) is 7. The van der Waals surface area contributed by atoms with Crippen LogP contribution < -0.4 is 5.32 Å². The minimum Gasteiger partial charge on any atom is -0.355 e. The summed E-state index contributed by atoms with van der Waals surface area (Å²) in [4.78, 5) is 46.3. The summed E-state index contributed by atoms with van der Waals surface area (Å²) in [6.07, 6.45) is -0.210. The molecule has 1 amide bonds. The van der Waals surface area contributed by atoms with Crippen molar-refractivity contribution in [2.45, 2.75) is 13.0 Å². The zero-order valence-electron chi connectivity index (χ0n) is 17.6. The molecule has 11 nitrogen and oxygen atoms in total. The first-order valence-corrected chi connectivity index (χ1v) is 16.2. The van der Waals surface area contributed by atoms with Crippen LogP contribution in [0.4, 0.5) is 0 Å². The van der Waals surface area contributed by atoms with E-state index in [9.17, 15) is 33.2 Å². The Bertz CT molecular complexity index is 689. The van der Waals surface area contributed by atoms with Crippen molar-refractivity contribution in [2.24, 2.45) is 0 Å². The van der Waals surface area contributed by atoms with Gasteiger partial charge < -0.3 is 20.0 Å². The normalized spacial score (nSPS) is 26.9. The molecule has 1 aliphatic heterocycles. The van der Waals surface area contributed by atoms with Crippen molar-refractivity contribution in [3.05, 3.63) is 0 Å². The van der Waals surface area contributed by atoms with Gasteiger partial charge in [-0.15, -0.1) is 0 Å². The molecule has 4 atom stereocenters. The molecule has 1 fully saturated rings. The predicted octanol–water partition coefficient (Wildman–Crippen LogP) is -0.0162. The van der Waals surface area contributed by atoms with Crippen LogP contribution in [-0.4, -0.2) is 119 Å². The van der Waals surface area contributed by atoms with Crippen molar-refractivity contribution in [1.29, 1.82) is 0 Å². The van der Waals surface area contributed by atoms with Crippen molar-refractivity contribution in [3.8, 4) is 0 Å². The van der Waals surface area contributed by atoms with E-state index in [1.165, 1.54) is 26.9 Å². The number of rotatable bonds is 8. The van der Waals surface area contributed by atoms with Gasteiger partial charge in [0.05, 0.1) is 18.9 Å². The SMILES string of the molecule is CC(=O)NCC1CN(CP(C)(=O)O)CCN(CP(C)(=O)O)CCN1CP(C)(=O)O. The van der Waals surface area contributed by atoms with E-state index in [0.717, 1.165) is 0 Å². The van der Waals surface area contributed by atoms with E-state index in [4.69, 9.17) is 0 Å². The minimum absolute atomic E-state index is 0.0309. The molecule has 1 rings (SSSR count). The van der Waals surface area contributed by atoms with Crippen LogP contribution in [-0.2, 0) is 18.5 Å². The molecule has 1 aliphatic rings. The molecule has 4 N–H and O–H groups in total. The van der Waals surface area contributed by atoms with Gasteiger partial charge in [-0.25, -0.2) is 0 Å². The zero-order valence-corrected chi connectivity index (χ0v) is 20.3. The molecular formula is C15H35N4O7P3. The lowest BCUT2D eigenvalue weighted by Crippen LogP contribution is -2.50. The third kappa shape index (κ3) is 13.0. The first-order valence-electron chi connectivity index (χ1n) is 9.35. The Labute approximate surface area is 172 Å². The van der Waals surface area contributed by atoms with Gasteiger partial charge in [-0.2, -0.15) is 0 Å². The molecule has 0 bridgehead atoms. The molecule has 0 aromatic rings. The van der Waals surface area contributed by atoms with E-state index in [1.54, 1.807) is 14.7 Å². The van der Waals surface area contributed by atoms with E-state index in [1.807, 2.05) is 0 Å². The second-order valence-corrected chi connectivity index (χ2v) is 15.3. The molecule has 1 saturated heterocycles. The number of amides is 1. The van der Waals surface area contributed by atoms with Gasteiger partial charge in [-0.1, -0.05) is 0 Å². The lowest BCUT2D eigenvalue weighted by atomic mass is 10.2. The Morgan fingerprint density at radius 2 is 1.31 bits per heavy atom. The highest BCUT2D eigenvalue weighted by Crippen LogP contribution is 2.39. The fourth-order valence-electron chi connectivity index (χ4n) is 3.34. The fraction of sp³-hybridized carbons (Fsp3) is 0.933. The summed E-state index contributed by atoms with van der Waals surface area (Å²) in [6.45, 7) is 7.28. The number of carbonyl (C=O) groups excluding carboxylic acids is 1. The number of nitrogens with zero attached hydrogens (tertiary/aromatic N) is 3. The number of hydrogen-bond donors (Lipinski definition) is 4. The predicted molar refractivity (Wildman–Crippen MR) is 114 cm³/mol. The van der Waals surface area contributed by atoms with Gasteiger partial charge >= 0.3 is 0 Å². The zero-order chi connectivity index (χ0) is 22.5. The van der Waals surface area contributed by atoms with Gasteiger partial charge in [0.15, 0.2) is 0 Å². The average molecular weight is 476 g/mol. The molecule has 0 radical (unpaired) electrons. The van der Waals surface area contributed by atoms with Crippen molar-refractivity contribution < 1.29 is 33.2 Å². The Morgan fingerprint density at radius 3 is 1.79 bits per heavy atom. The van der Waals surface area contributed by atoms with Crippen LogP contribution in [0.15, 0.2) is 0 Å². The molecule has 172 valence electrons. The molecular weight excluding hydrogens is 441 g/mol. The standard InChI is InChI=1S/C15H35N4O7P3/c1-14(20)16-9-15-10-18(12-28(3,23)24)6-5-17(11-27(2,21)22)7-8-19(15)13-29(4,25)26/h15H,5-13H2,1-4H3,(H,16,20)(H,21,22)(H,23,24)(H,25,26). The molecule has 1 heterocycles. The second-order valence-electron chi connectivity index (χ2n) is 8.18. The van der Waals surface area contributed by atoms with Crippen molar-refractivity contribution in [3.63, 3.8) is 0 Å². The van der Waals surface area contributed by atoms with Crippen LogP contribution in [0.3, 0.4) is 0 Å². The van der Waals surface area contributed by atoms with E-state index < -0.39 is 22.1 Å². The molecule has 0 aromatic heterocycles. The number of carbonyl (C=O) groups is 1. The summed E-state index contributed by atoms with van der Waals surface area (Å²) in [6, 6.07) is -0.353. The van der Waals surface area contributed by atoms with Crippen LogP contribution in [0.1, 0.15) is 6.92 Å². The van der Waals surface area contributed by atoms with Crippen molar-refractivity contribution >= 4 is 28.0 Å². The topological polar surface area (TPSA) is 151 Å². The minimum atomic E-state index is -3.42. The van der Waals surface area contributed by atoms with Crippen LogP contribution in [0.25, 0.3) is 0 Å². The maximum atomic E-state index is 12.1. The molecule has 0 aliphatic carbocycles. The summed E-state index contributed by atoms with van der Waals surface area (Å²) in [7, 11) is -10.1. The highest BCUT2D eigenvalue weighted by Gasteiger charge is 2.30. The van der Waals surface area contributed by atoms with Crippen LogP contribution in [0.5, 0.6) is 0 Å². The van der Waals surface area contributed by atoms with Crippen molar-refractivity contribution in [2.75, 3.05) is 78.1 Å². The van der Waals surface area contributed by atoms with E-state index >= 15 is 0 Å². The molecule has 29 heavy (non-hydrogen) atoms. The Hall–Kier alpha value is -0.0800. The Kier molecular flexibility index (Phi) is 10.2. The van der Waals surface area contributed by atoms with E-state index in [-0.39, 0.29) is 37.4 Å². The van der Waals surface area contributed by atoms with Gasteiger partial charge in [-0.3, -0.25) is 33.2 Å². The monoisotopic (exact) mass is 476 g/mol. The maximum absolute atomic E-state index is 12.1. The quantitative estimate of drug-likeness (QED) is 0.352. The highest BCUT2D eigenvalue weighted by molar-refractivity contribution is 7.57. The van der Waals surface area contributed by atoms with Crippen LogP contribution in [0.2, 0.25) is 0 Å².